The number of hydrogen-bond acceptors (Lipinski definition) is 9. The van der Waals surface area contributed by atoms with Crippen LogP contribution in [0.2, 0.25) is 0 Å². The van der Waals surface area contributed by atoms with Gasteiger partial charge in [0.05, 0.1) is 29.0 Å². The lowest BCUT2D eigenvalue weighted by atomic mass is 10.1. The monoisotopic (exact) mass is 769 g/mol. The van der Waals surface area contributed by atoms with Gasteiger partial charge in [-0.05, 0) is 122 Å². The van der Waals surface area contributed by atoms with Crippen molar-refractivity contribution in [2.75, 3.05) is 6.61 Å². The zero-order chi connectivity index (χ0) is 39.7. The molecule has 9 nitrogen and oxygen atoms in total. The summed E-state index contributed by atoms with van der Waals surface area (Å²) in [5.74, 6) is 2.27. The molecule has 0 atom stereocenters. The second-order valence-corrected chi connectivity index (χ2v) is 12.6. The number of ether oxygens (including phenoxy) is 4. The van der Waals surface area contributed by atoms with Crippen molar-refractivity contribution in [1.29, 1.82) is 0 Å². The number of nitrogens with zero attached hydrogens (tertiary/aromatic N) is 5. The molecule has 0 bridgehead atoms. The molecule has 11 heteroatoms. The Morgan fingerprint density at radius 1 is 0.431 bits per heavy atom. The summed E-state index contributed by atoms with van der Waals surface area (Å²) in [5.41, 5.74) is 4.96. The molecule has 3 heterocycles. The second kappa shape index (κ2) is 17.3. The third-order valence-electron chi connectivity index (χ3n) is 8.63. The van der Waals surface area contributed by atoms with Gasteiger partial charge in [0.15, 0.2) is 0 Å². The van der Waals surface area contributed by atoms with Crippen molar-refractivity contribution in [1.82, 2.24) is 24.9 Å². The highest BCUT2D eigenvalue weighted by atomic mass is 19.1. The second-order valence-electron chi connectivity index (χ2n) is 12.6. The number of benzene rings is 6. The number of rotatable bonds is 10. The van der Waals surface area contributed by atoms with Gasteiger partial charge in [0.1, 0.15) is 34.6 Å². The zero-order valence-corrected chi connectivity index (χ0v) is 31.0. The number of hydrogen-bond donors (Lipinski definition) is 0. The maximum atomic E-state index is 13.1. The summed E-state index contributed by atoms with van der Waals surface area (Å²) < 4.78 is 48.9. The summed E-state index contributed by atoms with van der Waals surface area (Å²) in [5, 5.41) is 1.86. The Balaban J connectivity index is 0.000000164. The molecular formula is C47H33F2N5O4. The molecule has 0 aliphatic heterocycles. The Morgan fingerprint density at radius 3 is 1.33 bits per heavy atom. The third-order valence-corrected chi connectivity index (χ3v) is 8.63. The van der Waals surface area contributed by atoms with Crippen LogP contribution in [-0.2, 0) is 0 Å². The van der Waals surface area contributed by atoms with Crippen molar-refractivity contribution in [3.63, 3.8) is 0 Å². The number of aromatic nitrogens is 5. The van der Waals surface area contributed by atoms with Crippen LogP contribution in [0.25, 0.3) is 44.3 Å². The minimum atomic E-state index is -0.304. The lowest BCUT2D eigenvalue weighted by Crippen LogP contribution is -1.99. The van der Waals surface area contributed by atoms with Crippen LogP contribution >= 0.6 is 0 Å². The van der Waals surface area contributed by atoms with Crippen LogP contribution in [0.3, 0.4) is 0 Å². The van der Waals surface area contributed by atoms with Gasteiger partial charge in [-0.2, -0.15) is 19.9 Å². The van der Waals surface area contributed by atoms with Gasteiger partial charge in [-0.25, -0.2) is 13.8 Å². The highest BCUT2D eigenvalue weighted by Crippen LogP contribution is 2.33. The molecule has 58 heavy (non-hydrogen) atoms. The predicted octanol–water partition coefficient (Wildman–Crippen LogP) is 12.0. The van der Waals surface area contributed by atoms with Gasteiger partial charge >= 0.3 is 12.0 Å². The van der Waals surface area contributed by atoms with Gasteiger partial charge in [0.25, 0.3) is 0 Å². The minimum Gasteiger partial charge on any atom is -0.464 e. The van der Waals surface area contributed by atoms with Crippen molar-refractivity contribution < 1.29 is 27.7 Å². The summed E-state index contributed by atoms with van der Waals surface area (Å²) in [6, 6.07) is 48.5. The van der Waals surface area contributed by atoms with Crippen molar-refractivity contribution in [2.45, 2.75) is 6.92 Å². The van der Waals surface area contributed by atoms with Gasteiger partial charge in [-0.1, -0.05) is 42.5 Å². The summed E-state index contributed by atoms with van der Waals surface area (Å²) in [6.07, 6.45) is 1.65. The molecular weight excluding hydrogens is 737 g/mol. The SMILES string of the molecule is CCOc1nc(-c2ccc(Oc3ccc(F)cc3)cc2)c2ccccc2n1.Fc1ccc(Oc2ccc(-c3nc(Oc4ccccn4)nc4ccccc34)cc2)cc1. The van der Waals surface area contributed by atoms with E-state index in [0.29, 0.717) is 41.5 Å². The summed E-state index contributed by atoms with van der Waals surface area (Å²) in [4.78, 5) is 22.3. The summed E-state index contributed by atoms with van der Waals surface area (Å²) in [7, 11) is 0. The van der Waals surface area contributed by atoms with Crippen molar-refractivity contribution >= 4 is 21.8 Å². The van der Waals surface area contributed by atoms with Gasteiger partial charge in [-0.3, -0.25) is 0 Å². The van der Waals surface area contributed by atoms with Gasteiger partial charge in [0, 0.05) is 34.2 Å². The zero-order valence-electron chi connectivity index (χ0n) is 31.0. The highest BCUT2D eigenvalue weighted by Gasteiger charge is 2.13. The van der Waals surface area contributed by atoms with E-state index in [0.717, 1.165) is 44.3 Å². The molecule has 0 fully saturated rings. The molecule has 9 rings (SSSR count). The van der Waals surface area contributed by atoms with E-state index in [1.54, 1.807) is 36.5 Å². The van der Waals surface area contributed by atoms with Crippen LogP contribution in [0.1, 0.15) is 6.92 Å². The minimum absolute atomic E-state index is 0.221. The predicted molar refractivity (Wildman–Crippen MR) is 218 cm³/mol. The quantitative estimate of drug-likeness (QED) is 0.134. The van der Waals surface area contributed by atoms with E-state index in [-0.39, 0.29) is 17.6 Å². The van der Waals surface area contributed by atoms with E-state index in [4.69, 9.17) is 18.9 Å². The smallest absolute Gasteiger partial charge is 0.324 e. The van der Waals surface area contributed by atoms with E-state index in [9.17, 15) is 8.78 Å². The Kier molecular flexibility index (Phi) is 11.1. The van der Waals surface area contributed by atoms with Gasteiger partial charge < -0.3 is 18.9 Å². The molecule has 0 amide bonds. The molecule has 0 unspecified atom stereocenters. The van der Waals surface area contributed by atoms with Crippen LogP contribution < -0.4 is 18.9 Å². The molecule has 0 N–H and O–H groups in total. The Hall–Kier alpha value is -7.79. The van der Waals surface area contributed by atoms with Gasteiger partial charge in [-0.15, -0.1) is 0 Å². The maximum absolute atomic E-state index is 13.1. The Morgan fingerprint density at radius 2 is 0.862 bits per heavy atom. The summed E-state index contributed by atoms with van der Waals surface area (Å²) in [6.45, 7) is 2.40. The molecule has 6 aromatic carbocycles. The first kappa shape index (κ1) is 37.1. The Bertz CT molecular complexity index is 2770. The number of pyridine rings is 1. The van der Waals surface area contributed by atoms with Crippen LogP contribution in [-0.4, -0.2) is 31.5 Å². The average molecular weight is 770 g/mol. The lowest BCUT2D eigenvalue weighted by molar-refractivity contribution is 0.314. The van der Waals surface area contributed by atoms with Crippen LogP contribution in [0.15, 0.2) is 170 Å². The average Bonchev–Trinajstić information content (AvgIpc) is 3.26. The van der Waals surface area contributed by atoms with E-state index >= 15 is 0 Å². The standard InChI is InChI=1S/C25H16FN3O2.C22H17FN2O2/c26-18-10-14-20(15-11-18)30-19-12-8-17(9-13-19)24-21-5-1-2-6-22(21)28-25(29-24)31-23-7-3-4-16-27-23;1-2-26-22-24-20-6-4-3-5-19(20)21(25-22)15-7-11-17(12-8-15)27-18-13-9-16(23)10-14-18/h1-16H;3-14H,2H2,1H3. The fourth-order valence-electron chi connectivity index (χ4n) is 5.93. The van der Waals surface area contributed by atoms with E-state index in [1.807, 2.05) is 116 Å². The molecule has 3 aromatic heterocycles. The molecule has 0 aliphatic carbocycles. The molecule has 0 radical (unpaired) electrons. The van der Waals surface area contributed by atoms with E-state index in [2.05, 4.69) is 24.9 Å². The van der Waals surface area contributed by atoms with Crippen molar-refractivity contribution in [2.24, 2.45) is 0 Å². The highest BCUT2D eigenvalue weighted by molar-refractivity contribution is 5.93. The first-order valence-corrected chi connectivity index (χ1v) is 18.3. The fraction of sp³-hybridized carbons (Fsp3) is 0.0426. The Labute approximate surface area is 332 Å². The van der Waals surface area contributed by atoms with Crippen molar-refractivity contribution in [3.8, 4) is 63.4 Å². The fourth-order valence-corrected chi connectivity index (χ4v) is 5.93. The van der Waals surface area contributed by atoms with E-state index < -0.39 is 0 Å². The van der Waals surface area contributed by atoms with Gasteiger partial charge in [0.2, 0.25) is 5.88 Å². The first-order valence-electron chi connectivity index (χ1n) is 18.3. The van der Waals surface area contributed by atoms with Crippen molar-refractivity contribution in [3.05, 3.63) is 182 Å². The molecule has 0 saturated heterocycles. The molecule has 9 aromatic rings. The number of halogens is 2. The van der Waals surface area contributed by atoms with Crippen LogP contribution in [0, 0.1) is 11.6 Å². The normalized spacial score (nSPS) is 10.7. The van der Waals surface area contributed by atoms with Crippen LogP contribution in [0.5, 0.6) is 40.9 Å². The number of fused-ring (bicyclic) bond motifs is 2. The van der Waals surface area contributed by atoms with E-state index in [1.165, 1.54) is 24.3 Å². The first-order chi connectivity index (χ1) is 28.5. The molecule has 284 valence electrons. The molecule has 0 saturated carbocycles. The topological polar surface area (TPSA) is 101 Å². The largest absolute Gasteiger partial charge is 0.464 e. The summed E-state index contributed by atoms with van der Waals surface area (Å²) >= 11 is 0. The number of para-hydroxylation sites is 2. The lowest BCUT2D eigenvalue weighted by Gasteiger charge is -2.10. The molecule has 0 aliphatic rings. The van der Waals surface area contributed by atoms with Crippen LogP contribution in [0.4, 0.5) is 8.78 Å². The third kappa shape index (κ3) is 9.01. The maximum Gasteiger partial charge on any atom is 0.324 e. The molecule has 0 spiro atoms.